The molecule has 1 heterocycles. The monoisotopic (exact) mass is 442 g/mol. The highest BCUT2D eigenvalue weighted by atomic mass is 16.6. The topological polar surface area (TPSA) is 131 Å². The number of carbonyl (C=O) groups is 1. The second-order valence-electron chi connectivity index (χ2n) is 8.74. The van der Waals surface area contributed by atoms with Crippen molar-refractivity contribution in [2.45, 2.75) is 57.5 Å². The van der Waals surface area contributed by atoms with Gasteiger partial charge in [0.2, 0.25) is 0 Å². The van der Waals surface area contributed by atoms with Crippen molar-refractivity contribution in [3.05, 3.63) is 29.2 Å². The van der Waals surface area contributed by atoms with Gasteiger partial charge in [0.05, 0.1) is 23.2 Å². The number of nitrogens with zero attached hydrogens (tertiary/aromatic N) is 4. The van der Waals surface area contributed by atoms with E-state index in [-0.39, 0.29) is 24.1 Å². The van der Waals surface area contributed by atoms with Crippen LogP contribution in [0.15, 0.2) is 17.8 Å². The number of hydrogen-bond donors (Lipinski definition) is 2. The first kappa shape index (κ1) is 23.7. The van der Waals surface area contributed by atoms with Gasteiger partial charge < -0.3 is 25.1 Å². The zero-order valence-corrected chi connectivity index (χ0v) is 19.0. The number of hydrazine groups is 1. The van der Waals surface area contributed by atoms with Crippen LogP contribution in [0.3, 0.4) is 0 Å². The molecule has 9 nitrogen and oxygen atoms in total. The molecular weight excluding hydrogens is 408 g/mol. The SMILES string of the molecule is CN(CC1CCC1)C(=O)OC/C(=C(/N)c1ccc(OC2CCCCC2)c(C#N)n1)N(C)N. The van der Waals surface area contributed by atoms with E-state index in [4.69, 9.17) is 21.1 Å². The van der Waals surface area contributed by atoms with E-state index in [1.54, 1.807) is 31.1 Å². The largest absolute Gasteiger partial charge is 0.487 e. The molecule has 174 valence electrons. The molecule has 0 radical (unpaired) electrons. The minimum absolute atomic E-state index is 0.101. The van der Waals surface area contributed by atoms with Gasteiger partial charge in [-0.1, -0.05) is 12.8 Å². The van der Waals surface area contributed by atoms with E-state index >= 15 is 0 Å². The Morgan fingerprint density at radius 3 is 2.50 bits per heavy atom. The summed E-state index contributed by atoms with van der Waals surface area (Å²) in [6, 6.07) is 5.51. The average Bonchev–Trinajstić information content (AvgIpc) is 2.76. The van der Waals surface area contributed by atoms with E-state index in [0.29, 0.717) is 29.6 Å². The Balaban J connectivity index is 1.70. The number of carbonyl (C=O) groups excluding carboxylic acids is 1. The van der Waals surface area contributed by atoms with E-state index in [2.05, 4.69) is 11.1 Å². The fourth-order valence-corrected chi connectivity index (χ4v) is 4.03. The van der Waals surface area contributed by atoms with E-state index < -0.39 is 6.09 Å². The van der Waals surface area contributed by atoms with Crippen LogP contribution in [0.4, 0.5) is 4.79 Å². The van der Waals surface area contributed by atoms with Crippen molar-refractivity contribution in [3.8, 4) is 11.8 Å². The first-order valence-electron chi connectivity index (χ1n) is 11.3. The third-order valence-electron chi connectivity index (χ3n) is 6.22. The van der Waals surface area contributed by atoms with E-state index in [0.717, 1.165) is 38.5 Å². The number of hydrogen-bond acceptors (Lipinski definition) is 8. The smallest absolute Gasteiger partial charge is 0.409 e. The standard InChI is InChI=1S/C23H34N6O3/c1-28(14-16-7-6-8-16)23(30)31-15-20(29(2)26)22(25)18-11-12-21(19(13-24)27-18)32-17-9-4-3-5-10-17/h11-12,16-17H,3-10,14-15,25-26H2,1-2H3/b22-20-. The lowest BCUT2D eigenvalue weighted by Crippen LogP contribution is -2.37. The molecule has 1 amide bonds. The van der Waals surface area contributed by atoms with Crippen LogP contribution in [0.1, 0.15) is 62.8 Å². The Hall–Kier alpha value is -2.99. The van der Waals surface area contributed by atoms with Crippen molar-refractivity contribution < 1.29 is 14.3 Å². The molecule has 2 saturated carbocycles. The Morgan fingerprint density at radius 2 is 1.91 bits per heavy atom. The van der Waals surface area contributed by atoms with Gasteiger partial charge in [0.1, 0.15) is 12.7 Å². The molecule has 1 aromatic rings. The molecule has 0 bridgehead atoms. The molecule has 0 atom stereocenters. The molecule has 32 heavy (non-hydrogen) atoms. The van der Waals surface area contributed by atoms with Crippen LogP contribution >= 0.6 is 0 Å². The highest BCUT2D eigenvalue weighted by Crippen LogP contribution is 2.28. The fourth-order valence-electron chi connectivity index (χ4n) is 4.03. The number of likely N-dealkylation sites (N-methyl/N-ethyl adjacent to an activating group) is 1. The first-order valence-corrected chi connectivity index (χ1v) is 11.3. The highest BCUT2D eigenvalue weighted by Gasteiger charge is 2.23. The van der Waals surface area contributed by atoms with Gasteiger partial charge in [-0.25, -0.2) is 15.6 Å². The zero-order valence-electron chi connectivity index (χ0n) is 19.0. The summed E-state index contributed by atoms with van der Waals surface area (Å²) in [7, 11) is 3.34. The summed E-state index contributed by atoms with van der Waals surface area (Å²) in [6.45, 7) is 0.581. The van der Waals surface area contributed by atoms with Gasteiger partial charge in [0, 0.05) is 20.6 Å². The number of amides is 1. The fraction of sp³-hybridized carbons (Fsp3) is 0.609. The predicted molar refractivity (Wildman–Crippen MR) is 121 cm³/mol. The second kappa shape index (κ2) is 11.0. The van der Waals surface area contributed by atoms with Gasteiger partial charge >= 0.3 is 6.09 Å². The molecule has 2 aliphatic carbocycles. The second-order valence-corrected chi connectivity index (χ2v) is 8.74. The first-order chi connectivity index (χ1) is 15.4. The molecule has 2 aliphatic rings. The van der Waals surface area contributed by atoms with Gasteiger partial charge in [-0.05, 0) is 56.6 Å². The molecule has 0 saturated heterocycles. The van der Waals surface area contributed by atoms with Gasteiger partial charge in [-0.15, -0.1) is 0 Å². The van der Waals surface area contributed by atoms with Crippen molar-refractivity contribution in [3.63, 3.8) is 0 Å². The van der Waals surface area contributed by atoms with Gasteiger partial charge in [0.25, 0.3) is 0 Å². The Labute approximate surface area is 189 Å². The molecule has 9 heteroatoms. The van der Waals surface area contributed by atoms with Crippen LogP contribution < -0.4 is 16.3 Å². The Kier molecular flexibility index (Phi) is 8.17. The van der Waals surface area contributed by atoms with E-state index in [1.807, 2.05) is 0 Å². The molecule has 0 spiro atoms. The van der Waals surface area contributed by atoms with Crippen molar-refractivity contribution in [2.75, 3.05) is 27.2 Å². The number of aromatic nitrogens is 1. The molecule has 0 aliphatic heterocycles. The maximum atomic E-state index is 12.3. The van der Waals surface area contributed by atoms with Crippen LogP contribution in [0.25, 0.3) is 5.70 Å². The molecule has 3 rings (SSSR count). The molecule has 0 aromatic carbocycles. The number of nitriles is 1. The van der Waals surface area contributed by atoms with E-state index in [1.165, 1.54) is 17.9 Å². The zero-order chi connectivity index (χ0) is 23.1. The third-order valence-corrected chi connectivity index (χ3v) is 6.22. The van der Waals surface area contributed by atoms with Crippen molar-refractivity contribution >= 4 is 11.8 Å². The third kappa shape index (κ3) is 6.04. The summed E-state index contributed by atoms with van der Waals surface area (Å²) in [5.41, 5.74) is 7.50. The molecule has 0 unspecified atom stereocenters. The lowest BCUT2D eigenvalue weighted by molar-refractivity contribution is 0.101. The van der Waals surface area contributed by atoms with Gasteiger partial charge in [-0.3, -0.25) is 0 Å². The number of ether oxygens (including phenoxy) is 2. The number of nitrogens with two attached hydrogens (primary N) is 2. The summed E-state index contributed by atoms with van der Waals surface area (Å²) in [5, 5.41) is 10.9. The molecule has 2 fully saturated rings. The van der Waals surface area contributed by atoms with Crippen molar-refractivity contribution in [1.82, 2.24) is 14.9 Å². The van der Waals surface area contributed by atoms with Crippen molar-refractivity contribution in [2.24, 2.45) is 17.5 Å². The van der Waals surface area contributed by atoms with Gasteiger partial charge in [0.15, 0.2) is 11.4 Å². The lowest BCUT2D eigenvalue weighted by Gasteiger charge is -2.30. The maximum Gasteiger partial charge on any atom is 0.409 e. The molecular formula is C23H34N6O3. The summed E-state index contributed by atoms with van der Waals surface area (Å²) in [6.07, 6.45) is 8.65. The minimum atomic E-state index is -0.425. The minimum Gasteiger partial charge on any atom is -0.487 e. The quantitative estimate of drug-likeness (QED) is 0.464. The van der Waals surface area contributed by atoms with Crippen molar-refractivity contribution in [1.29, 1.82) is 5.26 Å². The Bertz CT molecular complexity index is 869. The normalized spacial score (nSPS) is 17.6. The van der Waals surface area contributed by atoms with Crippen LogP contribution in [-0.2, 0) is 4.74 Å². The highest BCUT2D eigenvalue weighted by molar-refractivity contribution is 5.69. The summed E-state index contributed by atoms with van der Waals surface area (Å²) < 4.78 is 11.4. The summed E-state index contributed by atoms with van der Waals surface area (Å²) in [4.78, 5) is 18.3. The average molecular weight is 443 g/mol. The summed E-state index contributed by atoms with van der Waals surface area (Å²) in [5.74, 6) is 6.96. The molecule has 1 aromatic heterocycles. The lowest BCUT2D eigenvalue weighted by atomic mass is 9.85. The number of rotatable bonds is 8. The van der Waals surface area contributed by atoms with Crippen LogP contribution in [0.5, 0.6) is 5.75 Å². The predicted octanol–water partition coefficient (Wildman–Crippen LogP) is 2.97. The summed E-state index contributed by atoms with van der Waals surface area (Å²) >= 11 is 0. The van der Waals surface area contributed by atoms with Crippen LogP contribution in [0, 0.1) is 17.2 Å². The Morgan fingerprint density at radius 1 is 1.19 bits per heavy atom. The molecule has 4 N–H and O–H groups in total. The van der Waals surface area contributed by atoms with Crippen LogP contribution in [-0.4, -0.2) is 54.3 Å². The van der Waals surface area contributed by atoms with Crippen LogP contribution in [0.2, 0.25) is 0 Å². The van der Waals surface area contributed by atoms with Gasteiger partial charge in [-0.2, -0.15) is 5.26 Å². The maximum absolute atomic E-state index is 12.3. The van der Waals surface area contributed by atoms with E-state index in [9.17, 15) is 10.1 Å². The number of pyridine rings is 1.